The van der Waals surface area contributed by atoms with Crippen molar-refractivity contribution in [2.75, 3.05) is 19.0 Å². The number of nitrogens with one attached hydrogen (secondary N) is 1. The number of methoxy groups -OCH3 is 1. The number of hydrogen-bond acceptors (Lipinski definition) is 5. The molecule has 8 heteroatoms. The Bertz CT molecular complexity index is 1040. The molecule has 2 aromatic carbocycles. The van der Waals surface area contributed by atoms with Crippen LogP contribution in [0, 0.1) is 5.92 Å². The summed E-state index contributed by atoms with van der Waals surface area (Å²) in [5, 5.41) is 5.25. The number of ether oxygens (including phenoxy) is 1. The molecule has 0 unspecified atom stereocenters. The highest BCUT2D eigenvalue weighted by atomic mass is 35.5. The van der Waals surface area contributed by atoms with Gasteiger partial charge in [-0.1, -0.05) is 29.8 Å². The molecule has 0 amide bonds. The summed E-state index contributed by atoms with van der Waals surface area (Å²) in [6, 6.07) is 13.9. The maximum Gasteiger partial charge on any atom is 0.154 e. The minimum Gasteiger partial charge on any atom is -0.497 e. The van der Waals surface area contributed by atoms with Crippen LogP contribution in [0.4, 0.5) is 5.82 Å². The Labute approximate surface area is 206 Å². The van der Waals surface area contributed by atoms with Crippen LogP contribution in [0.25, 0.3) is 23.1 Å². The van der Waals surface area contributed by atoms with Crippen molar-refractivity contribution in [3.63, 3.8) is 0 Å². The largest absolute Gasteiger partial charge is 0.497 e. The van der Waals surface area contributed by atoms with E-state index in [0.717, 1.165) is 65.3 Å². The first-order chi connectivity index (χ1) is 14.6. The molecule has 0 saturated heterocycles. The van der Waals surface area contributed by atoms with Gasteiger partial charge in [-0.3, -0.25) is 0 Å². The van der Waals surface area contributed by atoms with Crippen molar-refractivity contribution in [2.24, 2.45) is 11.7 Å². The SMILES string of the molecule is COc1ccc2nc(/C=C\c3ccc(Cl)cc3)nc(NCC3CCC(N)CC3)c2c1.Cl.Cl. The van der Waals surface area contributed by atoms with Gasteiger partial charge in [-0.2, -0.15) is 0 Å². The summed E-state index contributed by atoms with van der Waals surface area (Å²) in [7, 11) is 1.67. The van der Waals surface area contributed by atoms with Crippen molar-refractivity contribution < 1.29 is 4.74 Å². The normalized spacial score (nSPS) is 18.1. The van der Waals surface area contributed by atoms with Gasteiger partial charge < -0.3 is 15.8 Å². The Morgan fingerprint density at radius 2 is 1.75 bits per heavy atom. The van der Waals surface area contributed by atoms with Crippen LogP contribution in [0.15, 0.2) is 42.5 Å². The quantitative estimate of drug-likeness (QED) is 0.424. The van der Waals surface area contributed by atoms with Crippen molar-refractivity contribution in [2.45, 2.75) is 31.7 Å². The first-order valence-corrected chi connectivity index (χ1v) is 10.8. The summed E-state index contributed by atoms with van der Waals surface area (Å²) in [6.07, 6.45) is 8.43. The third-order valence-corrected chi connectivity index (χ3v) is 5.92. The van der Waals surface area contributed by atoms with Crippen LogP contribution in [-0.4, -0.2) is 29.7 Å². The molecule has 5 nitrogen and oxygen atoms in total. The van der Waals surface area contributed by atoms with Gasteiger partial charge in [0.05, 0.1) is 12.6 Å². The lowest BCUT2D eigenvalue weighted by Crippen LogP contribution is -2.29. The molecule has 1 fully saturated rings. The van der Waals surface area contributed by atoms with Crippen LogP contribution in [0.3, 0.4) is 0 Å². The Morgan fingerprint density at radius 1 is 1.03 bits per heavy atom. The molecule has 172 valence electrons. The lowest BCUT2D eigenvalue weighted by molar-refractivity contribution is 0.338. The lowest BCUT2D eigenvalue weighted by Gasteiger charge is -2.26. The molecule has 1 heterocycles. The Morgan fingerprint density at radius 3 is 2.44 bits per heavy atom. The minimum atomic E-state index is 0. The zero-order valence-corrected chi connectivity index (χ0v) is 20.3. The monoisotopic (exact) mass is 494 g/mol. The van der Waals surface area contributed by atoms with Crippen LogP contribution in [0.2, 0.25) is 5.02 Å². The molecule has 4 rings (SSSR count). The highest BCUT2D eigenvalue weighted by Crippen LogP contribution is 2.28. The van der Waals surface area contributed by atoms with Crippen LogP contribution in [0.5, 0.6) is 5.75 Å². The minimum absolute atomic E-state index is 0. The maximum absolute atomic E-state index is 6.05. The molecular formula is C24H29Cl3N4O. The van der Waals surface area contributed by atoms with Gasteiger partial charge in [0.1, 0.15) is 11.6 Å². The van der Waals surface area contributed by atoms with Gasteiger partial charge in [0.15, 0.2) is 5.82 Å². The fourth-order valence-corrected chi connectivity index (χ4v) is 3.97. The maximum atomic E-state index is 6.05. The number of anilines is 1. The number of nitrogens with two attached hydrogens (primary N) is 1. The first kappa shape index (κ1) is 26.2. The van der Waals surface area contributed by atoms with E-state index >= 15 is 0 Å². The Balaban J connectivity index is 0.00000181. The molecule has 0 atom stereocenters. The number of benzene rings is 2. The van der Waals surface area contributed by atoms with Crippen molar-refractivity contribution in [3.05, 3.63) is 58.9 Å². The number of nitrogens with zero attached hydrogens (tertiary/aromatic N) is 2. The third kappa shape index (κ3) is 6.72. The molecule has 3 N–H and O–H groups in total. The molecule has 1 aliphatic carbocycles. The fraction of sp³-hybridized carbons (Fsp3) is 0.333. The van der Waals surface area contributed by atoms with Gasteiger partial charge in [0.25, 0.3) is 0 Å². The molecule has 1 aliphatic rings. The summed E-state index contributed by atoms with van der Waals surface area (Å²) >= 11 is 5.97. The second-order valence-corrected chi connectivity index (χ2v) is 8.30. The van der Waals surface area contributed by atoms with Crippen molar-refractivity contribution in [1.29, 1.82) is 0 Å². The highest BCUT2D eigenvalue weighted by Gasteiger charge is 2.19. The predicted molar refractivity (Wildman–Crippen MR) is 139 cm³/mol. The van der Waals surface area contributed by atoms with E-state index in [-0.39, 0.29) is 24.8 Å². The van der Waals surface area contributed by atoms with Crippen LogP contribution >= 0.6 is 36.4 Å². The smallest absolute Gasteiger partial charge is 0.154 e. The van der Waals surface area contributed by atoms with Crippen molar-refractivity contribution >= 4 is 65.3 Å². The van der Waals surface area contributed by atoms with Crippen LogP contribution in [-0.2, 0) is 0 Å². The molecular weight excluding hydrogens is 467 g/mol. The van der Waals surface area contributed by atoms with Gasteiger partial charge in [-0.05, 0) is 73.6 Å². The summed E-state index contributed by atoms with van der Waals surface area (Å²) in [4.78, 5) is 9.51. The molecule has 0 radical (unpaired) electrons. The number of hydrogen-bond donors (Lipinski definition) is 2. The Hall–Kier alpha value is -2.05. The van der Waals surface area contributed by atoms with Crippen molar-refractivity contribution in [1.82, 2.24) is 9.97 Å². The molecule has 0 aliphatic heterocycles. The molecule has 1 aromatic heterocycles. The average Bonchev–Trinajstić information content (AvgIpc) is 2.78. The topological polar surface area (TPSA) is 73.1 Å². The van der Waals surface area contributed by atoms with E-state index < -0.39 is 0 Å². The van der Waals surface area contributed by atoms with E-state index in [0.29, 0.717) is 17.8 Å². The van der Waals surface area contributed by atoms with Gasteiger partial charge in [-0.15, -0.1) is 24.8 Å². The van der Waals surface area contributed by atoms with E-state index in [1.807, 2.05) is 54.6 Å². The third-order valence-electron chi connectivity index (χ3n) is 5.66. The van der Waals surface area contributed by atoms with Gasteiger partial charge in [-0.25, -0.2) is 9.97 Å². The van der Waals surface area contributed by atoms with E-state index in [1.165, 1.54) is 0 Å². The summed E-state index contributed by atoms with van der Waals surface area (Å²) < 4.78 is 5.41. The number of aromatic nitrogens is 2. The van der Waals surface area contributed by atoms with E-state index in [1.54, 1.807) is 7.11 Å². The van der Waals surface area contributed by atoms with Gasteiger partial charge >= 0.3 is 0 Å². The summed E-state index contributed by atoms with van der Waals surface area (Å²) in [5.74, 6) is 2.91. The molecule has 0 spiro atoms. The lowest BCUT2D eigenvalue weighted by atomic mass is 9.86. The molecule has 3 aromatic rings. The number of halogens is 3. The van der Waals surface area contributed by atoms with Crippen molar-refractivity contribution in [3.8, 4) is 5.75 Å². The van der Waals surface area contributed by atoms with Crippen LogP contribution in [0.1, 0.15) is 37.1 Å². The number of fused-ring (bicyclic) bond motifs is 1. The molecule has 0 bridgehead atoms. The zero-order valence-electron chi connectivity index (χ0n) is 18.0. The summed E-state index contributed by atoms with van der Waals surface area (Å²) in [6.45, 7) is 0.885. The molecule has 1 saturated carbocycles. The fourth-order valence-electron chi connectivity index (χ4n) is 3.84. The second kappa shape index (κ2) is 12.3. The first-order valence-electron chi connectivity index (χ1n) is 10.4. The number of rotatable bonds is 6. The predicted octanol–water partition coefficient (Wildman–Crippen LogP) is 6.24. The zero-order chi connectivity index (χ0) is 20.9. The van der Waals surface area contributed by atoms with E-state index in [9.17, 15) is 0 Å². The standard InChI is InChI=1S/C24H27ClN4O.2ClH/c1-30-20-11-12-22-21(14-20)24(27-15-17-4-9-19(26)10-5-17)29-23(28-22)13-6-16-2-7-18(25)8-3-16;;/h2-3,6-8,11-14,17,19H,4-5,9-10,15,26H2,1H3,(H,27,28,29);2*1H/b13-6-;;. The average molecular weight is 496 g/mol. The Kier molecular flexibility index (Phi) is 10.0. The summed E-state index contributed by atoms with van der Waals surface area (Å²) in [5.41, 5.74) is 7.98. The highest BCUT2D eigenvalue weighted by molar-refractivity contribution is 6.30. The van der Waals surface area contributed by atoms with Gasteiger partial charge in [0, 0.05) is 23.0 Å². The van der Waals surface area contributed by atoms with E-state index in [4.69, 9.17) is 32.0 Å². The second-order valence-electron chi connectivity index (χ2n) is 7.86. The van der Waals surface area contributed by atoms with Crippen LogP contribution < -0.4 is 15.8 Å². The van der Waals surface area contributed by atoms with Gasteiger partial charge in [0.2, 0.25) is 0 Å². The molecule has 32 heavy (non-hydrogen) atoms. The van der Waals surface area contributed by atoms with E-state index in [2.05, 4.69) is 5.32 Å².